The lowest BCUT2D eigenvalue weighted by Gasteiger charge is -2.29. The van der Waals surface area contributed by atoms with Gasteiger partial charge >= 0.3 is 0 Å². The van der Waals surface area contributed by atoms with Crippen molar-refractivity contribution in [3.63, 3.8) is 0 Å². The van der Waals surface area contributed by atoms with Crippen molar-refractivity contribution in [2.75, 3.05) is 0 Å². The second kappa shape index (κ2) is 5.00. The molecule has 0 radical (unpaired) electrons. The fraction of sp³-hybridized carbons (Fsp3) is 0.765. The van der Waals surface area contributed by atoms with Crippen molar-refractivity contribution < 1.29 is 0 Å². The third-order valence-electron chi connectivity index (χ3n) is 5.29. The molecule has 3 aliphatic rings. The molecule has 1 fully saturated rings. The number of rotatable bonds is 3. The summed E-state index contributed by atoms with van der Waals surface area (Å²) in [6.45, 7) is 2.34. The van der Waals surface area contributed by atoms with Gasteiger partial charge in [-0.1, -0.05) is 50.3 Å². The van der Waals surface area contributed by atoms with Crippen LogP contribution in [0.15, 0.2) is 23.3 Å². The topological polar surface area (TPSA) is 0 Å². The van der Waals surface area contributed by atoms with Crippen molar-refractivity contribution in [2.24, 2.45) is 17.8 Å². The average Bonchev–Trinajstić information content (AvgIpc) is 2.94. The predicted octanol–water partition coefficient (Wildman–Crippen LogP) is 5.26. The molecule has 0 aromatic carbocycles. The Hall–Kier alpha value is -0.520. The zero-order valence-corrected chi connectivity index (χ0v) is 11.3. The molecule has 0 aromatic heterocycles. The summed E-state index contributed by atoms with van der Waals surface area (Å²) in [6.07, 6.45) is 17.9. The van der Waals surface area contributed by atoms with E-state index >= 15 is 0 Å². The summed E-state index contributed by atoms with van der Waals surface area (Å²) in [4.78, 5) is 0. The van der Waals surface area contributed by atoms with E-state index in [2.05, 4.69) is 19.1 Å². The Bertz CT molecular complexity index is 328. The zero-order chi connectivity index (χ0) is 11.7. The van der Waals surface area contributed by atoms with Gasteiger partial charge in [0.15, 0.2) is 0 Å². The van der Waals surface area contributed by atoms with Crippen LogP contribution in [0.25, 0.3) is 0 Å². The quantitative estimate of drug-likeness (QED) is 0.620. The van der Waals surface area contributed by atoms with Crippen molar-refractivity contribution in [1.82, 2.24) is 0 Å². The molecule has 3 rings (SSSR count). The molecule has 2 atom stereocenters. The first-order valence-electron chi connectivity index (χ1n) is 7.79. The monoisotopic (exact) mass is 230 g/mol. The van der Waals surface area contributed by atoms with E-state index in [1.807, 2.05) is 5.57 Å². The highest BCUT2D eigenvalue weighted by molar-refractivity contribution is 5.41. The Morgan fingerprint density at radius 3 is 2.76 bits per heavy atom. The standard InChI is InChI=1S/C17H26/c1-2-7-14-12-17(13-8-4-3-5-9-13)16-11-6-10-15(14)16/h6,10,13-14,17H,2-5,7-9,11-12H2,1H3. The molecule has 0 aliphatic heterocycles. The third-order valence-corrected chi connectivity index (χ3v) is 5.29. The summed E-state index contributed by atoms with van der Waals surface area (Å²) in [6, 6.07) is 0. The Labute approximate surface area is 106 Å². The molecule has 0 heteroatoms. The lowest BCUT2D eigenvalue weighted by molar-refractivity contribution is 0.259. The minimum Gasteiger partial charge on any atom is -0.0802 e. The van der Waals surface area contributed by atoms with Crippen LogP contribution < -0.4 is 0 Å². The lowest BCUT2D eigenvalue weighted by Crippen LogP contribution is -2.18. The van der Waals surface area contributed by atoms with E-state index in [1.54, 1.807) is 5.57 Å². The lowest BCUT2D eigenvalue weighted by atomic mass is 9.76. The van der Waals surface area contributed by atoms with Crippen LogP contribution in [0.5, 0.6) is 0 Å². The third kappa shape index (κ3) is 2.11. The molecular formula is C17H26. The van der Waals surface area contributed by atoms with Gasteiger partial charge in [-0.15, -0.1) is 0 Å². The molecule has 2 unspecified atom stereocenters. The number of allylic oxidation sites excluding steroid dienone is 4. The molecule has 0 saturated heterocycles. The minimum atomic E-state index is 0.917. The van der Waals surface area contributed by atoms with Gasteiger partial charge < -0.3 is 0 Å². The fourth-order valence-corrected chi connectivity index (χ4v) is 4.51. The van der Waals surface area contributed by atoms with E-state index in [1.165, 1.54) is 57.8 Å². The Kier molecular flexibility index (Phi) is 3.40. The van der Waals surface area contributed by atoms with Crippen LogP contribution in [0, 0.1) is 17.8 Å². The second-order valence-corrected chi connectivity index (χ2v) is 6.31. The van der Waals surface area contributed by atoms with Crippen molar-refractivity contribution in [2.45, 2.75) is 64.7 Å². The highest BCUT2D eigenvalue weighted by Gasteiger charge is 2.37. The Morgan fingerprint density at radius 1 is 1.18 bits per heavy atom. The summed E-state index contributed by atoms with van der Waals surface area (Å²) in [5.41, 5.74) is 3.62. The fourth-order valence-electron chi connectivity index (χ4n) is 4.51. The van der Waals surface area contributed by atoms with Gasteiger partial charge in [0.05, 0.1) is 0 Å². The first-order chi connectivity index (χ1) is 8.40. The summed E-state index contributed by atoms with van der Waals surface area (Å²) in [5.74, 6) is 2.92. The van der Waals surface area contributed by atoms with Crippen molar-refractivity contribution in [3.8, 4) is 0 Å². The largest absolute Gasteiger partial charge is 0.0802 e. The van der Waals surface area contributed by atoms with Crippen molar-refractivity contribution in [3.05, 3.63) is 23.3 Å². The molecule has 0 nitrogen and oxygen atoms in total. The van der Waals surface area contributed by atoms with Crippen LogP contribution in [-0.4, -0.2) is 0 Å². The summed E-state index contributed by atoms with van der Waals surface area (Å²) >= 11 is 0. The molecule has 0 bridgehead atoms. The van der Waals surface area contributed by atoms with Crippen molar-refractivity contribution in [1.29, 1.82) is 0 Å². The number of hydrogen-bond acceptors (Lipinski definition) is 0. The predicted molar refractivity (Wildman–Crippen MR) is 73.9 cm³/mol. The highest BCUT2D eigenvalue weighted by Crippen LogP contribution is 2.50. The smallest absolute Gasteiger partial charge is 0.0127 e. The molecule has 0 amide bonds. The summed E-state index contributed by atoms with van der Waals surface area (Å²) in [7, 11) is 0. The first-order valence-corrected chi connectivity index (χ1v) is 7.79. The highest BCUT2D eigenvalue weighted by atomic mass is 14.4. The maximum Gasteiger partial charge on any atom is -0.0127 e. The van der Waals surface area contributed by atoms with Crippen LogP contribution in [0.3, 0.4) is 0 Å². The van der Waals surface area contributed by atoms with Gasteiger partial charge in [0.1, 0.15) is 0 Å². The summed E-state index contributed by atoms with van der Waals surface area (Å²) in [5, 5.41) is 0. The van der Waals surface area contributed by atoms with Crippen molar-refractivity contribution >= 4 is 0 Å². The molecule has 0 heterocycles. The van der Waals surface area contributed by atoms with Crippen LogP contribution >= 0.6 is 0 Å². The van der Waals surface area contributed by atoms with E-state index in [9.17, 15) is 0 Å². The van der Waals surface area contributed by atoms with Gasteiger partial charge in [-0.25, -0.2) is 0 Å². The van der Waals surface area contributed by atoms with Gasteiger partial charge in [-0.05, 0) is 55.4 Å². The van der Waals surface area contributed by atoms with Gasteiger partial charge in [0.2, 0.25) is 0 Å². The van der Waals surface area contributed by atoms with Gasteiger partial charge in [0.25, 0.3) is 0 Å². The van der Waals surface area contributed by atoms with Gasteiger partial charge in [-0.2, -0.15) is 0 Å². The first kappa shape index (κ1) is 11.6. The van der Waals surface area contributed by atoms with E-state index in [-0.39, 0.29) is 0 Å². The maximum atomic E-state index is 2.46. The normalized spacial score (nSPS) is 33.5. The molecule has 1 saturated carbocycles. The Balaban J connectivity index is 1.74. The second-order valence-electron chi connectivity index (χ2n) is 6.31. The number of hydrogen-bond donors (Lipinski definition) is 0. The average molecular weight is 230 g/mol. The zero-order valence-electron chi connectivity index (χ0n) is 11.3. The molecule has 0 N–H and O–H groups in total. The van der Waals surface area contributed by atoms with Crippen LogP contribution in [0.2, 0.25) is 0 Å². The molecule has 0 aromatic rings. The van der Waals surface area contributed by atoms with E-state index in [0.717, 1.165) is 17.8 Å². The van der Waals surface area contributed by atoms with E-state index in [4.69, 9.17) is 0 Å². The van der Waals surface area contributed by atoms with Crippen LogP contribution in [0.1, 0.15) is 64.7 Å². The van der Waals surface area contributed by atoms with E-state index < -0.39 is 0 Å². The maximum absolute atomic E-state index is 2.46. The van der Waals surface area contributed by atoms with E-state index in [0.29, 0.717) is 0 Å². The molecule has 17 heavy (non-hydrogen) atoms. The molecule has 3 aliphatic carbocycles. The Morgan fingerprint density at radius 2 is 2.00 bits per heavy atom. The SMILES string of the molecule is CCCC1CC(C2CCCCC2)C2=C1C=CC2. The van der Waals surface area contributed by atoms with Gasteiger partial charge in [-0.3, -0.25) is 0 Å². The summed E-state index contributed by atoms with van der Waals surface area (Å²) < 4.78 is 0. The van der Waals surface area contributed by atoms with Crippen LogP contribution in [0.4, 0.5) is 0 Å². The molecule has 0 spiro atoms. The molecular weight excluding hydrogens is 204 g/mol. The molecule has 94 valence electrons. The van der Waals surface area contributed by atoms with Gasteiger partial charge in [0, 0.05) is 0 Å². The van der Waals surface area contributed by atoms with Crippen LogP contribution in [-0.2, 0) is 0 Å². The minimum absolute atomic E-state index is 0.917.